The van der Waals surface area contributed by atoms with Crippen molar-refractivity contribution in [3.05, 3.63) is 44.0 Å². The lowest BCUT2D eigenvalue weighted by Crippen LogP contribution is -2.57. The number of carbonyl (C=O) groups is 1. The largest absolute Gasteiger partial charge is 0.455 e. The standard InChI is InChI=1S/C20H18N2O6/c23-19(7-1-8(21(24)25)3-9(2-7)22(26)27)28-20-6-13-15-12-4-10-11(18(12)20)5-14(20)16(13)17(10)15/h1-3,10-18H,4-6H2/t10-,11+,12-,13+,14+,15-,16+,17+,18-,20-/m0/s1. The van der Waals surface area contributed by atoms with Crippen molar-refractivity contribution in [3.8, 4) is 0 Å². The van der Waals surface area contributed by atoms with Crippen LogP contribution in [0.1, 0.15) is 29.6 Å². The summed E-state index contributed by atoms with van der Waals surface area (Å²) in [6.07, 6.45) is 3.36. The van der Waals surface area contributed by atoms with E-state index in [2.05, 4.69) is 0 Å². The molecule has 1 aromatic carbocycles. The van der Waals surface area contributed by atoms with Crippen LogP contribution >= 0.6 is 0 Å². The molecule has 5 aliphatic carbocycles. The second kappa shape index (κ2) is 4.39. The number of nitro groups is 2. The fourth-order valence-electron chi connectivity index (χ4n) is 9.28. The molecule has 0 heterocycles. The number of carbonyl (C=O) groups excluding carboxylic acids is 1. The molecule has 10 atom stereocenters. The van der Waals surface area contributed by atoms with Gasteiger partial charge in [0.2, 0.25) is 0 Å². The molecule has 28 heavy (non-hydrogen) atoms. The number of hydrogen-bond acceptors (Lipinski definition) is 6. The summed E-state index contributed by atoms with van der Waals surface area (Å²) in [6, 6.07) is 3.08. The zero-order chi connectivity index (χ0) is 19.1. The van der Waals surface area contributed by atoms with E-state index in [9.17, 15) is 25.0 Å². The first-order valence-corrected chi connectivity index (χ1v) is 10.1. The maximum Gasteiger partial charge on any atom is 0.339 e. The zero-order valence-electron chi connectivity index (χ0n) is 14.9. The smallest absolute Gasteiger partial charge is 0.339 e. The second-order valence-corrected chi connectivity index (χ2v) is 9.79. The highest BCUT2D eigenvalue weighted by Crippen LogP contribution is 2.88. The molecule has 2 bridgehead atoms. The van der Waals surface area contributed by atoms with Gasteiger partial charge in [-0.3, -0.25) is 20.2 Å². The molecule has 5 aliphatic rings. The lowest BCUT2D eigenvalue weighted by atomic mass is 9.45. The molecule has 5 fully saturated rings. The Morgan fingerprint density at radius 2 is 1.64 bits per heavy atom. The van der Waals surface area contributed by atoms with E-state index < -0.39 is 32.8 Å². The van der Waals surface area contributed by atoms with Crippen LogP contribution in [0.5, 0.6) is 0 Å². The number of non-ortho nitro benzene ring substituents is 2. The monoisotopic (exact) mass is 382 g/mol. The van der Waals surface area contributed by atoms with Crippen LogP contribution in [-0.2, 0) is 4.74 Å². The van der Waals surface area contributed by atoms with Crippen molar-refractivity contribution in [3.63, 3.8) is 0 Å². The summed E-state index contributed by atoms with van der Waals surface area (Å²) in [6.45, 7) is 0. The first kappa shape index (κ1) is 15.4. The van der Waals surface area contributed by atoms with Gasteiger partial charge in [0.05, 0.1) is 21.5 Å². The summed E-state index contributed by atoms with van der Waals surface area (Å²) in [5, 5.41) is 22.3. The first-order valence-electron chi connectivity index (χ1n) is 10.1. The quantitative estimate of drug-likeness (QED) is 0.342. The lowest BCUT2D eigenvalue weighted by Gasteiger charge is -2.59. The Hall–Kier alpha value is -2.51. The predicted octanol–water partition coefficient (Wildman–Crippen LogP) is 3.20. The van der Waals surface area contributed by atoms with Crippen LogP contribution in [0.2, 0.25) is 0 Å². The molecule has 1 aromatic rings. The minimum atomic E-state index is -0.712. The third-order valence-electron chi connectivity index (χ3n) is 9.46. The van der Waals surface area contributed by atoms with Gasteiger partial charge in [0.15, 0.2) is 0 Å². The molecular formula is C20H18N2O6. The molecule has 5 saturated carbocycles. The molecule has 8 nitrogen and oxygen atoms in total. The van der Waals surface area contributed by atoms with Crippen LogP contribution < -0.4 is 0 Å². The second-order valence-electron chi connectivity index (χ2n) is 9.79. The number of rotatable bonds is 4. The van der Waals surface area contributed by atoms with Crippen LogP contribution in [-0.4, -0.2) is 21.4 Å². The van der Waals surface area contributed by atoms with E-state index in [1.165, 1.54) is 6.42 Å². The fraction of sp³-hybridized carbons (Fsp3) is 0.650. The van der Waals surface area contributed by atoms with Gasteiger partial charge in [-0.15, -0.1) is 0 Å². The number of esters is 1. The Bertz CT molecular complexity index is 974. The van der Waals surface area contributed by atoms with Crippen LogP contribution in [0, 0.1) is 73.5 Å². The van der Waals surface area contributed by atoms with Gasteiger partial charge in [0.25, 0.3) is 11.4 Å². The van der Waals surface area contributed by atoms with Crippen molar-refractivity contribution in [1.29, 1.82) is 0 Å². The minimum absolute atomic E-state index is 0.0873. The Morgan fingerprint density at radius 3 is 2.32 bits per heavy atom. The van der Waals surface area contributed by atoms with Gasteiger partial charge in [-0.25, -0.2) is 4.79 Å². The minimum Gasteiger partial charge on any atom is -0.455 e. The topological polar surface area (TPSA) is 113 Å². The van der Waals surface area contributed by atoms with E-state index >= 15 is 0 Å². The molecule has 0 unspecified atom stereocenters. The molecule has 0 aromatic heterocycles. The van der Waals surface area contributed by atoms with Gasteiger partial charge in [-0.05, 0) is 60.7 Å². The number of nitro benzene ring substituents is 2. The van der Waals surface area contributed by atoms with Gasteiger partial charge < -0.3 is 4.74 Å². The Balaban J connectivity index is 1.27. The van der Waals surface area contributed by atoms with Crippen LogP contribution in [0.4, 0.5) is 11.4 Å². The number of benzene rings is 1. The van der Waals surface area contributed by atoms with Crippen molar-refractivity contribution >= 4 is 17.3 Å². The maximum absolute atomic E-state index is 13.1. The molecule has 0 aliphatic heterocycles. The molecule has 0 N–H and O–H groups in total. The summed E-state index contributed by atoms with van der Waals surface area (Å²) < 4.78 is 6.22. The van der Waals surface area contributed by atoms with Gasteiger partial charge in [-0.1, -0.05) is 0 Å². The highest BCUT2D eigenvalue weighted by molar-refractivity contribution is 5.91. The van der Waals surface area contributed by atoms with Crippen molar-refractivity contribution in [1.82, 2.24) is 0 Å². The van der Waals surface area contributed by atoms with E-state index in [1.807, 2.05) is 0 Å². The normalized spacial score (nSPS) is 49.5. The number of hydrogen-bond donors (Lipinski definition) is 0. The first-order chi connectivity index (χ1) is 13.4. The van der Waals surface area contributed by atoms with E-state index in [0.717, 1.165) is 48.8 Å². The summed E-state index contributed by atoms with van der Waals surface area (Å²) in [5.74, 6) is 5.43. The average molecular weight is 382 g/mol. The molecular weight excluding hydrogens is 364 g/mol. The Morgan fingerprint density at radius 1 is 0.929 bits per heavy atom. The zero-order valence-corrected chi connectivity index (χ0v) is 14.9. The lowest BCUT2D eigenvalue weighted by molar-refractivity contribution is -0.394. The van der Waals surface area contributed by atoms with Gasteiger partial charge in [0, 0.05) is 24.0 Å². The molecule has 6 rings (SSSR count). The summed E-state index contributed by atoms with van der Waals surface area (Å²) >= 11 is 0. The van der Waals surface area contributed by atoms with E-state index in [1.54, 1.807) is 0 Å². The molecule has 0 spiro atoms. The fourth-order valence-corrected chi connectivity index (χ4v) is 9.28. The van der Waals surface area contributed by atoms with E-state index in [-0.39, 0.29) is 5.56 Å². The van der Waals surface area contributed by atoms with Gasteiger partial charge in [-0.2, -0.15) is 0 Å². The van der Waals surface area contributed by atoms with E-state index in [4.69, 9.17) is 4.74 Å². The van der Waals surface area contributed by atoms with Crippen LogP contribution in [0.25, 0.3) is 0 Å². The van der Waals surface area contributed by atoms with Crippen molar-refractivity contribution in [2.24, 2.45) is 53.3 Å². The van der Waals surface area contributed by atoms with Gasteiger partial charge in [0.1, 0.15) is 5.60 Å². The summed E-state index contributed by atoms with van der Waals surface area (Å²) in [4.78, 5) is 33.9. The molecule has 0 radical (unpaired) electrons. The highest BCUT2D eigenvalue weighted by atomic mass is 16.6. The van der Waals surface area contributed by atoms with Gasteiger partial charge >= 0.3 is 5.97 Å². The molecule has 0 saturated heterocycles. The molecule has 144 valence electrons. The number of nitrogens with zero attached hydrogens (tertiary/aromatic N) is 2. The summed E-state index contributed by atoms with van der Waals surface area (Å²) in [7, 11) is 0. The maximum atomic E-state index is 13.1. The molecule has 0 amide bonds. The SMILES string of the molecule is O=C(O[C@@]12C[C@@H]3[C@@H]4[C@@H]5C[C@H]6[C@@H](C[C@@H]1[C@@H]3[C@H]64)[C@@H]52)c1cc([N+](=O)[O-])cc([N+](=O)[O-])c1. The number of ether oxygens (including phenoxy) is 1. The van der Waals surface area contributed by atoms with Crippen LogP contribution in [0.3, 0.4) is 0 Å². The van der Waals surface area contributed by atoms with Crippen LogP contribution in [0.15, 0.2) is 18.2 Å². The third-order valence-corrected chi connectivity index (χ3v) is 9.46. The van der Waals surface area contributed by atoms with Crippen molar-refractivity contribution < 1.29 is 19.4 Å². The summed E-state index contributed by atoms with van der Waals surface area (Å²) in [5.41, 5.74) is -1.43. The molecule has 8 heteroatoms. The average Bonchev–Trinajstić information content (AvgIpc) is 3.31. The predicted molar refractivity (Wildman–Crippen MR) is 93.2 cm³/mol. The Kier molecular flexibility index (Phi) is 2.42. The highest BCUT2D eigenvalue weighted by Gasteiger charge is 2.87. The third kappa shape index (κ3) is 1.42. The van der Waals surface area contributed by atoms with Crippen molar-refractivity contribution in [2.75, 3.05) is 0 Å². The van der Waals surface area contributed by atoms with E-state index in [0.29, 0.717) is 35.5 Å². The van der Waals surface area contributed by atoms with Crippen molar-refractivity contribution in [2.45, 2.75) is 24.9 Å². The number of fused-ring (bicyclic) bond motifs is 14. The Labute approximate surface area is 159 Å².